The molecule has 1 saturated carbocycles. The van der Waals surface area contributed by atoms with Gasteiger partial charge in [-0.25, -0.2) is 0 Å². The smallest absolute Gasteiger partial charge is 0.242 e. The van der Waals surface area contributed by atoms with Gasteiger partial charge in [-0.05, 0) is 19.8 Å². The van der Waals surface area contributed by atoms with Crippen LogP contribution in [0.15, 0.2) is 0 Å². The third-order valence-electron chi connectivity index (χ3n) is 4.62. The van der Waals surface area contributed by atoms with E-state index in [9.17, 15) is 14.4 Å². The number of fused-ring (bicyclic) bond motifs is 1. The molecule has 2 aliphatic rings. The van der Waals surface area contributed by atoms with Gasteiger partial charge in [0.25, 0.3) is 0 Å². The highest BCUT2D eigenvalue weighted by atomic mass is 16.2. The second-order valence-electron chi connectivity index (χ2n) is 5.85. The lowest BCUT2D eigenvalue weighted by Crippen LogP contribution is -2.46. The second-order valence-corrected chi connectivity index (χ2v) is 5.85. The highest BCUT2D eigenvalue weighted by Crippen LogP contribution is 2.37. The summed E-state index contributed by atoms with van der Waals surface area (Å²) in [7, 11) is 1.65. The zero-order chi connectivity index (χ0) is 14.9. The molecule has 3 atom stereocenters. The molecule has 0 aromatic rings. The van der Waals surface area contributed by atoms with Gasteiger partial charge in [0.15, 0.2) is 0 Å². The molecule has 2 fully saturated rings. The Labute approximate surface area is 119 Å². The van der Waals surface area contributed by atoms with E-state index in [-0.39, 0.29) is 42.1 Å². The quantitative estimate of drug-likeness (QED) is 0.733. The average molecular weight is 281 g/mol. The molecular formula is C14H23N3O3. The summed E-state index contributed by atoms with van der Waals surface area (Å²) in [6, 6.07) is -0.0995. The molecule has 112 valence electrons. The zero-order valence-corrected chi connectivity index (χ0v) is 12.2. The van der Waals surface area contributed by atoms with E-state index in [1.54, 1.807) is 7.05 Å². The summed E-state index contributed by atoms with van der Waals surface area (Å²) in [5.41, 5.74) is 5.53. The highest BCUT2D eigenvalue weighted by molar-refractivity contribution is 6.07. The number of hydrogen-bond donors (Lipinski definition) is 1. The van der Waals surface area contributed by atoms with Gasteiger partial charge in [0.05, 0.1) is 11.8 Å². The predicted octanol–water partition coefficient (Wildman–Crippen LogP) is -0.0328. The Balaban J connectivity index is 2.04. The molecule has 2 rings (SSSR count). The van der Waals surface area contributed by atoms with Gasteiger partial charge >= 0.3 is 0 Å². The fourth-order valence-electron chi connectivity index (χ4n) is 3.04. The Kier molecular flexibility index (Phi) is 4.42. The summed E-state index contributed by atoms with van der Waals surface area (Å²) in [6.45, 7) is 2.05. The Bertz CT molecular complexity index is 400. The molecule has 6 heteroatoms. The van der Waals surface area contributed by atoms with Crippen LogP contribution in [0.4, 0.5) is 0 Å². The minimum Gasteiger partial charge on any atom is -0.340 e. The number of nitrogens with zero attached hydrogens (tertiary/aromatic N) is 2. The number of hydrogen-bond acceptors (Lipinski definition) is 4. The van der Waals surface area contributed by atoms with Crippen molar-refractivity contribution in [2.75, 3.05) is 20.1 Å². The first-order chi connectivity index (χ1) is 9.47. The van der Waals surface area contributed by atoms with Crippen LogP contribution in [0.2, 0.25) is 0 Å². The fourth-order valence-corrected chi connectivity index (χ4v) is 3.04. The maximum atomic E-state index is 12.3. The Hall–Kier alpha value is -1.43. The van der Waals surface area contributed by atoms with Crippen LogP contribution in [0.3, 0.4) is 0 Å². The fraction of sp³-hybridized carbons (Fsp3) is 0.786. The van der Waals surface area contributed by atoms with Gasteiger partial charge in [-0.15, -0.1) is 0 Å². The predicted molar refractivity (Wildman–Crippen MR) is 73.5 cm³/mol. The molecule has 1 aliphatic carbocycles. The van der Waals surface area contributed by atoms with E-state index in [0.717, 1.165) is 30.6 Å². The minimum atomic E-state index is -0.233. The summed E-state index contributed by atoms with van der Waals surface area (Å²) < 4.78 is 0. The van der Waals surface area contributed by atoms with Crippen molar-refractivity contribution in [3.8, 4) is 0 Å². The molecule has 0 radical (unpaired) electrons. The second kappa shape index (κ2) is 5.91. The number of carbonyl (C=O) groups excluding carboxylic acids is 3. The molecule has 0 spiro atoms. The van der Waals surface area contributed by atoms with Crippen molar-refractivity contribution in [1.29, 1.82) is 0 Å². The number of likely N-dealkylation sites (tertiary alicyclic amines) is 1. The summed E-state index contributed by atoms with van der Waals surface area (Å²) in [6.07, 6.45) is 3.53. The minimum absolute atomic E-state index is 0.0995. The van der Waals surface area contributed by atoms with Gasteiger partial charge in [0.2, 0.25) is 17.7 Å². The number of carbonyl (C=O) groups is 3. The Morgan fingerprint density at radius 2 is 1.80 bits per heavy atom. The maximum absolute atomic E-state index is 12.3. The first-order valence-electron chi connectivity index (χ1n) is 7.28. The van der Waals surface area contributed by atoms with E-state index in [1.807, 2.05) is 6.92 Å². The van der Waals surface area contributed by atoms with Crippen LogP contribution in [0.1, 0.15) is 32.6 Å². The third kappa shape index (κ3) is 2.57. The van der Waals surface area contributed by atoms with E-state index in [0.29, 0.717) is 6.54 Å². The topological polar surface area (TPSA) is 83.7 Å². The lowest BCUT2D eigenvalue weighted by molar-refractivity contribution is -0.146. The van der Waals surface area contributed by atoms with Crippen LogP contribution < -0.4 is 5.73 Å². The lowest BCUT2D eigenvalue weighted by atomic mass is 9.81. The third-order valence-corrected chi connectivity index (χ3v) is 4.62. The monoisotopic (exact) mass is 281 g/mol. The summed E-state index contributed by atoms with van der Waals surface area (Å²) >= 11 is 0. The normalized spacial score (nSPS) is 27.4. The first-order valence-corrected chi connectivity index (χ1v) is 7.28. The summed E-state index contributed by atoms with van der Waals surface area (Å²) in [4.78, 5) is 39.3. The van der Waals surface area contributed by atoms with Crippen molar-refractivity contribution in [1.82, 2.24) is 9.80 Å². The lowest BCUT2D eigenvalue weighted by Gasteiger charge is -2.25. The average Bonchev–Trinajstić information content (AvgIpc) is 2.71. The number of amides is 3. The molecule has 0 bridgehead atoms. The number of likely N-dealkylation sites (N-methyl/N-ethyl adjacent to an activating group) is 1. The van der Waals surface area contributed by atoms with Gasteiger partial charge in [-0.3, -0.25) is 19.3 Å². The van der Waals surface area contributed by atoms with Crippen LogP contribution in [0.5, 0.6) is 0 Å². The summed E-state index contributed by atoms with van der Waals surface area (Å²) in [5.74, 6) is -0.949. The molecule has 1 heterocycles. The number of imide groups is 1. The Morgan fingerprint density at radius 1 is 1.30 bits per heavy atom. The molecule has 0 aromatic carbocycles. The number of nitrogens with two attached hydrogens (primary N) is 1. The van der Waals surface area contributed by atoms with Gasteiger partial charge in [0, 0.05) is 19.6 Å². The van der Waals surface area contributed by atoms with Gasteiger partial charge < -0.3 is 10.6 Å². The van der Waals surface area contributed by atoms with Crippen molar-refractivity contribution in [2.24, 2.45) is 17.6 Å². The SMILES string of the molecule is CC(CN)N(C)C(=O)CN1C(=O)C2CCCCC2C1=O. The van der Waals surface area contributed by atoms with Crippen molar-refractivity contribution < 1.29 is 14.4 Å². The van der Waals surface area contributed by atoms with Gasteiger partial charge in [-0.1, -0.05) is 12.8 Å². The molecule has 0 aromatic heterocycles. The molecule has 20 heavy (non-hydrogen) atoms. The number of rotatable bonds is 4. The van der Waals surface area contributed by atoms with Crippen LogP contribution in [-0.4, -0.2) is 53.7 Å². The van der Waals surface area contributed by atoms with Crippen LogP contribution in [-0.2, 0) is 14.4 Å². The van der Waals surface area contributed by atoms with Crippen LogP contribution in [0, 0.1) is 11.8 Å². The van der Waals surface area contributed by atoms with E-state index < -0.39 is 0 Å². The Morgan fingerprint density at radius 3 is 2.25 bits per heavy atom. The largest absolute Gasteiger partial charge is 0.340 e. The maximum Gasteiger partial charge on any atom is 0.242 e. The van der Waals surface area contributed by atoms with E-state index in [2.05, 4.69) is 0 Å². The molecule has 2 N–H and O–H groups in total. The summed E-state index contributed by atoms with van der Waals surface area (Å²) in [5, 5.41) is 0. The van der Waals surface area contributed by atoms with Crippen molar-refractivity contribution in [3.05, 3.63) is 0 Å². The molecule has 3 amide bonds. The molecule has 1 aliphatic heterocycles. The van der Waals surface area contributed by atoms with E-state index >= 15 is 0 Å². The molecule has 3 unspecified atom stereocenters. The molecule has 6 nitrogen and oxygen atoms in total. The van der Waals surface area contributed by atoms with Crippen molar-refractivity contribution >= 4 is 17.7 Å². The van der Waals surface area contributed by atoms with Crippen LogP contribution >= 0.6 is 0 Å². The first kappa shape index (κ1) is 15.0. The van der Waals surface area contributed by atoms with E-state index in [4.69, 9.17) is 5.73 Å². The zero-order valence-electron chi connectivity index (χ0n) is 12.2. The highest BCUT2D eigenvalue weighted by Gasteiger charge is 2.48. The molecular weight excluding hydrogens is 258 g/mol. The van der Waals surface area contributed by atoms with E-state index in [1.165, 1.54) is 4.90 Å². The van der Waals surface area contributed by atoms with Crippen molar-refractivity contribution in [3.63, 3.8) is 0 Å². The standard InChI is InChI=1S/C14H23N3O3/c1-9(7-15)16(2)12(18)8-17-13(19)10-5-3-4-6-11(10)14(17)20/h9-11H,3-8,15H2,1-2H3. The molecule has 1 saturated heterocycles. The van der Waals surface area contributed by atoms with Gasteiger partial charge in [0.1, 0.15) is 6.54 Å². The van der Waals surface area contributed by atoms with Crippen LogP contribution in [0.25, 0.3) is 0 Å². The van der Waals surface area contributed by atoms with Gasteiger partial charge in [-0.2, -0.15) is 0 Å². The van der Waals surface area contributed by atoms with Crippen molar-refractivity contribution in [2.45, 2.75) is 38.6 Å².